The van der Waals surface area contributed by atoms with Gasteiger partial charge in [0.15, 0.2) is 6.17 Å². The summed E-state index contributed by atoms with van der Waals surface area (Å²) in [5.41, 5.74) is 1.04. The van der Waals surface area contributed by atoms with E-state index in [1.807, 2.05) is 0 Å². The lowest BCUT2D eigenvalue weighted by Crippen LogP contribution is -2.52. The molecule has 0 aromatic heterocycles. The molecule has 1 aromatic rings. The van der Waals surface area contributed by atoms with Crippen molar-refractivity contribution in [3.63, 3.8) is 0 Å². The lowest BCUT2D eigenvalue weighted by molar-refractivity contribution is -0.139. The number of carbonyl (C=O) groups excluding carboxylic acids is 3. The van der Waals surface area contributed by atoms with Gasteiger partial charge in [0.1, 0.15) is 0 Å². The van der Waals surface area contributed by atoms with E-state index in [9.17, 15) is 18.8 Å². The van der Waals surface area contributed by atoms with Crippen molar-refractivity contribution in [3.8, 4) is 0 Å². The monoisotopic (exact) mass is 389 g/mol. The summed E-state index contributed by atoms with van der Waals surface area (Å²) in [5.74, 6) is -0.499. The van der Waals surface area contributed by atoms with E-state index in [0.29, 0.717) is 49.8 Å². The summed E-state index contributed by atoms with van der Waals surface area (Å²) >= 11 is 0. The van der Waals surface area contributed by atoms with Crippen LogP contribution in [0.3, 0.4) is 0 Å². The number of piperazine rings is 1. The lowest BCUT2D eigenvalue weighted by atomic mass is 10.1. The minimum Gasteiger partial charge on any atom is -0.352 e. The van der Waals surface area contributed by atoms with Gasteiger partial charge in [-0.05, 0) is 48.9 Å². The number of halogens is 1. The van der Waals surface area contributed by atoms with Crippen LogP contribution in [0.4, 0.5) is 4.39 Å². The third-order valence-electron chi connectivity index (χ3n) is 5.34. The quantitative estimate of drug-likeness (QED) is 0.810. The normalized spacial score (nSPS) is 18.1. The van der Waals surface area contributed by atoms with Gasteiger partial charge >= 0.3 is 0 Å². The molecule has 2 aliphatic rings. The third kappa shape index (κ3) is 4.88. The van der Waals surface area contributed by atoms with E-state index >= 15 is 0 Å². The van der Waals surface area contributed by atoms with E-state index in [1.54, 1.807) is 43.0 Å². The van der Waals surface area contributed by atoms with Crippen LogP contribution < -0.4 is 5.32 Å². The fourth-order valence-corrected chi connectivity index (χ4v) is 3.20. The second kappa shape index (κ2) is 8.71. The summed E-state index contributed by atoms with van der Waals surface area (Å²) in [4.78, 5) is 40.0. The van der Waals surface area contributed by atoms with Gasteiger partial charge in [0.05, 0.1) is 0 Å². The number of amides is 3. The zero-order valence-corrected chi connectivity index (χ0v) is 16.5. The predicted molar refractivity (Wildman–Crippen MR) is 104 cm³/mol. The van der Waals surface area contributed by atoms with Crippen LogP contribution in [0.1, 0.15) is 47.4 Å². The van der Waals surface area contributed by atoms with Crippen LogP contribution in [0.5, 0.6) is 0 Å². The number of hydrogen-bond acceptors (Lipinski definition) is 3. The molecule has 1 aliphatic heterocycles. The van der Waals surface area contributed by atoms with E-state index in [1.165, 1.54) is 17.7 Å². The molecule has 0 bridgehead atoms. The summed E-state index contributed by atoms with van der Waals surface area (Å²) in [7, 11) is 0. The minimum absolute atomic E-state index is 0.121. The molecule has 28 heavy (non-hydrogen) atoms. The number of nitrogens with zero attached hydrogens (tertiary/aromatic N) is 2. The Bertz CT molecular complexity index is 723. The van der Waals surface area contributed by atoms with Crippen molar-refractivity contribution in [1.29, 1.82) is 0 Å². The van der Waals surface area contributed by atoms with Crippen molar-refractivity contribution in [2.75, 3.05) is 32.7 Å². The molecular formula is C21H28FN3O3. The summed E-state index contributed by atoms with van der Waals surface area (Å²) < 4.78 is 13.9. The second-order valence-corrected chi connectivity index (χ2v) is 7.99. The van der Waals surface area contributed by atoms with Crippen LogP contribution in [-0.4, -0.2) is 66.4 Å². The Balaban J connectivity index is 1.51. The molecule has 1 aromatic carbocycles. The van der Waals surface area contributed by atoms with Gasteiger partial charge in [-0.3, -0.25) is 14.4 Å². The Morgan fingerprint density at radius 2 is 1.54 bits per heavy atom. The number of benzene rings is 1. The highest BCUT2D eigenvalue weighted by Crippen LogP contribution is 2.27. The average molecular weight is 389 g/mol. The molecule has 2 fully saturated rings. The van der Waals surface area contributed by atoms with E-state index in [2.05, 4.69) is 5.32 Å². The van der Waals surface area contributed by atoms with E-state index in [0.717, 1.165) is 0 Å². The molecular weight excluding hydrogens is 361 g/mol. The maximum Gasteiger partial charge on any atom is 0.257 e. The van der Waals surface area contributed by atoms with Gasteiger partial charge in [-0.25, -0.2) is 4.39 Å². The molecule has 1 saturated carbocycles. The molecule has 152 valence electrons. The highest BCUT2D eigenvalue weighted by molar-refractivity contribution is 5.98. The number of nitrogens with one attached hydrogen (secondary N) is 1. The van der Waals surface area contributed by atoms with Gasteiger partial charge in [-0.15, -0.1) is 0 Å². The SMILES string of the molecule is CC(C)C(F)C(=O)N1CCN(C(=O)c2ccc(C(=O)NCC3CC3)cc2)CC1. The first-order chi connectivity index (χ1) is 13.4. The maximum atomic E-state index is 13.9. The Labute approximate surface area is 165 Å². The maximum absolute atomic E-state index is 13.9. The Hall–Kier alpha value is -2.44. The summed E-state index contributed by atoms with van der Waals surface area (Å²) in [6, 6.07) is 6.63. The molecule has 3 rings (SSSR count). The first-order valence-electron chi connectivity index (χ1n) is 9.97. The predicted octanol–water partition coefficient (Wildman–Crippen LogP) is 2.10. The van der Waals surface area contributed by atoms with Crippen molar-refractivity contribution >= 4 is 17.7 Å². The van der Waals surface area contributed by atoms with E-state index < -0.39 is 12.1 Å². The fraction of sp³-hybridized carbons (Fsp3) is 0.571. The first-order valence-corrected chi connectivity index (χ1v) is 9.97. The Morgan fingerprint density at radius 3 is 2.07 bits per heavy atom. The topological polar surface area (TPSA) is 69.7 Å². The summed E-state index contributed by atoms with van der Waals surface area (Å²) in [5, 5.41) is 2.90. The van der Waals surface area contributed by atoms with Crippen LogP contribution >= 0.6 is 0 Å². The lowest BCUT2D eigenvalue weighted by Gasteiger charge is -2.35. The largest absolute Gasteiger partial charge is 0.352 e. The third-order valence-corrected chi connectivity index (χ3v) is 5.34. The average Bonchev–Trinajstić information content (AvgIpc) is 3.55. The zero-order valence-electron chi connectivity index (χ0n) is 16.5. The molecule has 1 unspecified atom stereocenters. The van der Waals surface area contributed by atoms with Crippen LogP contribution in [0.25, 0.3) is 0 Å². The summed E-state index contributed by atoms with van der Waals surface area (Å²) in [6.45, 7) is 5.48. The molecule has 0 radical (unpaired) electrons. The molecule has 3 amide bonds. The molecule has 7 heteroatoms. The fourth-order valence-electron chi connectivity index (χ4n) is 3.20. The molecule has 1 atom stereocenters. The van der Waals surface area contributed by atoms with Gasteiger partial charge in [0, 0.05) is 43.9 Å². The molecule has 1 N–H and O–H groups in total. The van der Waals surface area contributed by atoms with Gasteiger partial charge in [-0.2, -0.15) is 0 Å². The van der Waals surface area contributed by atoms with Gasteiger partial charge in [0.25, 0.3) is 17.7 Å². The first kappa shape index (κ1) is 20.3. The van der Waals surface area contributed by atoms with E-state index in [4.69, 9.17) is 0 Å². The van der Waals surface area contributed by atoms with E-state index in [-0.39, 0.29) is 17.7 Å². The minimum atomic E-state index is -1.50. The van der Waals surface area contributed by atoms with Crippen LogP contribution in [0.2, 0.25) is 0 Å². The summed E-state index contributed by atoms with van der Waals surface area (Å²) in [6.07, 6.45) is 0.854. The number of rotatable bonds is 6. The standard InChI is InChI=1S/C21H28FN3O3/c1-14(2)18(22)21(28)25-11-9-24(10-12-25)20(27)17-7-5-16(6-8-17)19(26)23-13-15-3-4-15/h5-8,14-15,18H,3-4,9-13H2,1-2H3,(H,23,26). The number of alkyl halides is 1. The second-order valence-electron chi connectivity index (χ2n) is 7.99. The van der Waals surface area contributed by atoms with Gasteiger partial charge in [0.2, 0.25) is 0 Å². The van der Waals surface area contributed by atoms with Crippen molar-refractivity contribution in [2.24, 2.45) is 11.8 Å². The smallest absolute Gasteiger partial charge is 0.257 e. The zero-order chi connectivity index (χ0) is 20.3. The van der Waals surface area contributed by atoms with Crippen LogP contribution in [-0.2, 0) is 4.79 Å². The highest BCUT2D eigenvalue weighted by atomic mass is 19.1. The number of carbonyl (C=O) groups is 3. The van der Waals surface area contributed by atoms with Crippen LogP contribution in [0, 0.1) is 11.8 Å². The number of hydrogen-bond donors (Lipinski definition) is 1. The van der Waals surface area contributed by atoms with Crippen molar-refractivity contribution in [3.05, 3.63) is 35.4 Å². The molecule has 1 saturated heterocycles. The highest BCUT2D eigenvalue weighted by Gasteiger charge is 2.30. The Kier molecular flexibility index (Phi) is 6.31. The van der Waals surface area contributed by atoms with Gasteiger partial charge < -0.3 is 15.1 Å². The van der Waals surface area contributed by atoms with Gasteiger partial charge in [-0.1, -0.05) is 13.8 Å². The molecule has 6 nitrogen and oxygen atoms in total. The van der Waals surface area contributed by atoms with Crippen molar-refractivity contribution in [2.45, 2.75) is 32.9 Å². The molecule has 0 spiro atoms. The Morgan fingerprint density at radius 1 is 1.00 bits per heavy atom. The molecule has 1 heterocycles. The molecule has 1 aliphatic carbocycles. The van der Waals surface area contributed by atoms with Crippen LogP contribution in [0.15, 0.2) is 24.3 Å². The van der Waals surface area contributed by atoms with Crippen molar-refractivity contribution in [1.82, 2.24) is 15.1 Å². The van der Waals surface area contributed by atoms with Crippen molar-refractivity contribution < 1.29 is 18.8 Å².